The Hall–Kier alpha value is -3.59. The van der Waals surface area contributed by atoms with Crippen molar-refractivity contribution in [3.63, 3.8) is 0 Å². The maximum Gasteiger partial charge on any atom is 0.162 e. The van der Waals surface area contributed by atoms with Crippen LogP contribution in [0.15, 0.2) is 66.9 Å². The van der Waals surface area contributed by atoms with Gasteiger partial charge in [-0.15, -0.1) is 0 Å². The molecule has 8 heteroatoms. The minimum absolute atomic E-state index is 0.199. The molecule has 1 aliphatic heterocycles. The number of nitrogens with one attached hydrogen (secondary N) is 2. The van der Waals surface area contributed by atoms with E-state index in [2.05, 4.69) is 27.8 Å². The van der Waals surface area contributed by atoms with E-state index in [4.69, 9.17) is 19.4 Å². The van der Waals surface area contributed by atoms with Crippen molar-refractivity contribution >= 4 is 16.7 Å². The monoisotopic (exact) mass is 485 g/mol. The number of aromatic nitrogens is 3. The number of aliphatic hydroxyl groups excluding tert-OH is 1. The number of ether oxygens (including phenoxy) is 2. The molecule has 0 aliphatic carbocycles. The summed E-state index contributed by atoms with van der Waals surface area (Å²) in [7, 11) is 1.80. The lowest BCUT2D eigenvalue weighted by atomic mass is 10.0. The van der Waals surface area contributed by atoms with E-state index in [0.717, 1.165) is 59.6 Å². The van der Waals surface area contributed by atoms with Crippen LogP contribution in [0.25, 0.3) is 33.5 Å². The molecule has 1 fully saturated rings. The van der Waals surface area contributed by atoms with Crippen molar-refractivity contribution in [1.82, 2.24) is 20.3 Å². The van der Waals surface area contributed by atoms with Crippen molar-refractivity contribution in [2.24, 2.45) is 0 Å². The molecule has 0 bridgehead atoms. The summed E-state index contributed by atoms with van der Waals surface area (Å²) in [6.07, 6.45) is 3.08. The van der Waals surface area contributed by atoms with Gasteiger partial charge < -0.3 is 25.2 Å². The third-order valence-electron chi connectivity index (χ3n) is 6.20. The zero-order valence-corrected chi connectivity index (χ0v) is 20.4. The fraction of sp³-hybridized carbons (Fsp3) is 0.321. The zero-order valence-electron chi connectivity index (χ0n) is 20.4. The molecule has 2 aromatic carbocycles. The van der Waals surface area contributed by atoms with Crippen LogP contribution in [-0.2, 0) is 4.74 Å². The number of hydrogen-bond acceptors (Lipinski definition) is 8. The zero-order chi connectivity index (χ0) is 24.7. The van der Waals surface area contributed by atoms with Gasteiger partial charge in [-0.1, -0.05) is 30.3 Å². The second kappa shape index (κ2) is 11.4. The number of anilines is 1. The number of nitrogens with zero attached hydrogens (tertiary/aromatic N) is 3. The molecule has 4 aromatic rings. The Morgan fingerprint density at radius 2 is 1.92 bits per heavy atom. The van der Waals surface area contributed by atoms with Gasteiger partial charge in [0.1, 0.15) is 24.3 Å². The van der Waals surface area contributed by atoms with Gasteiger partial charge in [0.15, 0.2) is 5.82 Å². The highest BCUT2D eigenvalue weighted by Crippen LogP contribution is 2.31. The van der Waals surface area contributed by atoms with Gasteiger partial charge in [0, 0.05) is 54.6 Å². The topological polar surface area (TPSA) is 101 Å². The van der Waals surface area contributed by atoms with E-state index in [9.17, 15) is 5.11 Å². The molecule has 3 heterocycles. The lowest BCUT2D eigenvalue weighted by molar-refractivity contribution is 0.0904. The number of fused-ring (bicyclic) bond motifs is 1. The minimum Gasteiger partial charge on any atom is -0.491 e. The second-order valence-corrected chi connectivity index (χ2v) is 8.92. The largest absolute Gasteiger partial charge is 0.491 e. The number of likely N-dealkylation sites (N-methyl/N-ethyl adjacent to an activating group) is 1. The van der Waals surface area contributed by atoms with Crippen molar-refractivity contribution in [2.45, 2.75) is 25.0 Å². The smallest absolute Gasteiger partial charge is 0.162 e. The number of aliphatic hydroxyl groups is 1. The van der Waals surface area contributed by atoms with Gasteiger partial charge in [-0.05, 0) is 44.2 Å². The van der Waals surface area contributed by atoms with Gasteiger partial charge >= 0.3 is 0 Å². The summed E-state index contributed by atoms with van der Waals surface area (Å²) in [5, 5.41) is 17.6. The van der Waals surface area contributed by atoms with Crippen LogP contribution in [0.2, 0.25) is 0 Å². The van der Waals surface area contributed by atoms with Gasteiger partial charge in [0.05, 0.1) is 11.2 Å². The molecule has 8 nitrogen and oxygen atoms in total. The van der Waals surface area contributed by atoms with Crippen LogP contribution in [-0.4, -0.2) is 65.6 Å². The van der Waals surface area contributed by atoms with E-state index in [1.54, 1.807) is 13.2 Å². The first kappa shape index (κ1) is 24.1. The van der Waals surface area contributed by atoms with Gasteiger partial charge in [-0.3, -0.25) is 4.98 Å². The second-order valence-electron chi connectivity index (χ2n) is 8.92. The molecule has 1 saturated heterocycles. The van der Waals surface area contributed by atoms with Crippen LogP contribution in [0, 0.1) is 0 Å². The van der Waals surface area contributed by atoms with Crippen molar-refractivity contribution in [3.05, 3.63) is 66.9 Å². The predicted molar refractivity (Wildman–Crippen MR) is 141 cm³/mol. The minimum atomic E-state index is -0.589. The summed E-state index contributed by atoms with van der Waals surface area (Å²) in [4.78, 5) is 14.3. The highest BCUT2D eigenvalue weighted by molar-refractivity contribution is 5.94. The van der Waals surface area contributed by atoms with E-state index in [1.165, 1.54) is 0 Å². The van der Waals surface area contributed by atoms with Gasteiger partial charge in [0.25, 0.3) is 0 Å². The standard InChI is InChI=1S/C28H31N5O3/c1-29-17-21(34)18-36-22-6-2-5-19(15-22)28-32-26(16-27(33-28)31-20-10-13-35-14-11-20)24-7-3-9-25-23(24)8-4-12-30-25/h2-9,12,15-16,20-21,29,34H,10-11,13-14,17-18H2,1H3,(H,31,32,33). The summed E-state index contributed by atoms with van der Waals surface area (Å²) < 4.78 is 11.3. The summed E-state index contributed by atoms with van der Waals surface area (Å²) in [5.41, 5.74) is 3.58. The Balaban J connectivity index is 1.52. The average Bonchev–Trinajstić information content (AvgIpc) is 2.92. The summed E-state index contributed by atoms with van der Waals surface area (Å²) in [6.45, 7) is 2.16. The van der Waals surface area contributed by atoms with Gasteiger partial charge in [0.2, 0.25) is 0 Å². The molecular weight excluding hydrogens is 454 g/mol. The number of pyridine rings is 1. The molecule has 0 amide bonds. The average molecular weight is 486 g/mol. The van der Waals surface area contributed by atoms with E-state index < -0.39 is 6.10 Å². The van der Waals surface area contributed by atoms with E-state index in [-0.39, 0.29) is 6.61 Å². The molecule has 0 spiro atoms. The molecule has 2 aromatic heterocycles. The third kappa shape index (κ3) is 5.79. The van der Waals surface area contributed by atoms with Crippen molar-refractivity contribution < 1.29 is 14.6 Å². The lowest BCUT2D eigenvalue weighted by Gasteiger charge is -2.24. The molecule has 3 N–H and O–H groups in total. The fourth-order valence-corrected chi connectivity index (χ4v) is 4.38. The van der Waals surface area contributed by atoms with E-state index in [1.807, 2.05) is 48.5 Å². The summed E-state index contributed by atoms with van der Waals surface area (Å²) in [6, 6.07) is 20.1. The molecule has 5 rings (SSSR count). The van der Waals surface area contributed by atoms with Crippen LogP contribution in [0.3, 0.4) is 0 Å². The van der Waals surface area contributed by atoms with Crippen LogP contribution < -0.4 is 15.4 Å². The summed E-state index contributed by atoms with van der Waals surface area (Å²) in [5.74, 6) is 2.03. The molecule has 0 radical (unpaired) electrons. The molecule has 1 atom stereocenters. The summed E-state index contributed by atoms with van der Waals surface area (Å²) >= 11 is 0. The maximum absolute atomic E-state index is 10.0. The molecule has 0 saturated carbocycles. The van der Waals surface area contributed by atoms with Crippen molar-refractivity contribution in [3.8, 4) is 28.4 Å². The Kier molecular flexibility index (Phi) is 7.66. The molecule has 186 valence electrons. The Labute approximate surface area is 210 Å². The Morgan fingerprint density at radius 3 is 2.78 bits per heavy atom. The van der Waals surface area contributed by atoms with Gasteiger partial charge in [-0.2, -0.15) is 0 Å². The molecular formula is C28H31N5O3. The number of benzene rings is 2. The van der Waals surface area contributed by atoms with Crippen molar-refractivity contribution in [1.29, 1.82) is 0 Å². The fourth-order valence-electron chi connectivity index (χ4n) is 4.38. The first-order chi connectivity index (χ1) is 17.7. The van der Waals surface area contributed by atoms with Crippen molar-refractivity contribution in [2.75, 3.05) is 38.7 Å². The first-order valence-corrected chi connectivity index (χ1v) is 12.3. The SMILES string of the molecule is CNCC(O)COc1cccc(-c2nc(NC3CCOCC3)cc(-c3cccc4ncccc34)n2)c1. The molecule has 1 aliphatic rings. The molecule has 36 heavy (non-hydrogen) atoms. The highest BCUT2D eigenvalue weighted by Gasteiger charge is 2.17. The van der Waals surface area contributed by atoms with E-state index >= 15 is 0 Å². The Bertz CT molecular complexity index is 1300. The van der Waals surface area contributed by atoms with Gasteiger partial charge in [-0.25, -0.2) is 9.97 Å². The third-order valence-corrected chi connectivity index (χ3v) is 6.20. The highest BCUT2D eigenvalue weighted by atomic mass is 16.5. The van der Waals surface area contributed by atoms with Crippen LogP contribution >= 0.6 is 0 Å². The lowest BCUT2D eigenvalue weighted by Crippen LogP contribution is -2.29. The normalized spacial score (nSPS) is 15.1. The predicted octanol–water partition coefficient (Wildman–Crippen LogP) is 3.91. The maximum atomic E-state index is 10.0. The first-order valence-electron chi connectivity index (χ1n) is 12.3. The van der Waals surface area contributed by atoms with Crippen LogP contribution in [0.1, 0.15) is 12.8 Å². The number of rotatable bonds is 9. The van der Waals surface area contributed by atoms with E-state index in [0.29, 0.717) is 24.2 Å². The quantitative estimate of drug-likeness (QED) is 0.328. The van der Waals surface area contributed by atoms with Crippen LogP contribution in [0.5, 0.6) is 5.75 Å². The molecule has 1 unspecified atom stereocenters. The number of hydrogen-bond donors (Lipinski definition) is 3. The van der Waals surface area contributed by atoms with Crippen LogP contribution in [0.4, 0.5) is 5.82 Å². The Morgan fingerprint density at radius 1 is 1.06 bits per heavy atom.